The number of unbranched alkanes of at least 4 members (excludes halogenated alkanes) is 1. The van der Waals surface area contributed by atoms with Crippen LogP contribution in [-0.4, -0.2) is 18.5 Å². The lowest BCUT2D eigenvalue weighted by atomic mass is 10.0. The van der Waals surface area contributed by atoms with Gasteiger partial charge in [0.05, 0.1) is 0 Å². The van der Waals surface area contributed by atoms with Gasteiger partial charge in [-0.05, 0) is 54.6 Å². The highest BCUT2D eigenvalue weighted by Crippen LogP contribution is 2.41. The minimum absolute atomic E-state index is 0. The molecular weight excluding hydrogens is 355 g/mol. The predicted octanol–water partition coefficient (Wildman–Crippen LogP) is 4.53. The smallest absolute Gasteiger partial charge is 0.217 e. The lowest BCUT2D eigenvalue weighted by molar-refractivity contribution is -0.118. The number of nitrogens with one attached hydrogen (secondary N) is 1. The number of halogens is 2. The zero-order valence-corrected chi connectivity index (χ0v) is 15.7. The molecule has 1 amide bonds. The van der Waals surface area contributed by atoms with Crippen LogP contribution in [-0.2, 0) is 4.79 Å². The molecule has 2 aromatic carbocycles. The van der Waals surface area contributed by atoms with Crippen molar-refractivity contribution in [2.45, 2.75) is 37.6 Å². The summed E-state index contributed by atoms with van der Waals surface area (Å²) in [7, 11) is 0. The van der Waals surface area contributed by atoms with Gasteiger partial charge in [-0.1, -0.05) is 48.0 Å². The Kier molecular flexibility index (Phi) is 7.30. The first-order chi connectivity index (χ1) is 11.6. The van der Waals surface area contributed by atoms with Crippen molar-refractivity contribution >= 4 is 29.9 Å². The molecule has 0 aliphatic heterocycles. The quantitative estimate of drug-likeness (QED) is 0.662. The zero-order valence-electron chi connectivity index (χ0n) is 14.1. The van der Waals surface area contributed by atoms with Crippen LogP contribution in [0.3, 0.4) is 0 Å². The normalized spacial score (nSPS) is 18.4. The molecule has 2 aromatic rings. The van der Waals surface area contributed by atoms with E-state index in [2.05, 4.69) is 29.6 Å². The topological polar surface area (TPSA) is 55.1 Å². The van der Waals surface area contributed by atoms with Gasteiger partial charge in [-0.25, -0.2) is 0 Å². The molecule has 134 valence electrons. The van der Waals surface area contributed by atoms with Crippen molar-refractivity contribution in [2.24, 2.45) is 5.73 Å². The highest BCUT2D eigenvalue weighted by Gasteiger charge is 2.37. The Bertz CT molecular complexity index is 686. The molecule has 1 saturated carbocycles. The fraction of sp³-hybridized carbons (Fsp3) is 0.350. The molecular formula is C20H24Cl2N2O. The van der Waals surface area contributed by atoms with Crippen LogP contribution >= 0.6 is 24.0 Å². The van der Waals surface area contributed by atoms with E-state index in [1.807, 2.05) is 24.3 Å². The average Bonchev–Trinajstić information content (AvgIpc) is 3.35. The van der Waals surface area contributed by atoms with Crippen molar-refractivity contribution in [3.8, 4) is 11.1 Å². The van der Waals surface area contributed by atoms with Crippen LogP contribution in [0.25, 0.3) is 11.1 Å². The maximum Gasteiger partial charge on any atom is 0.217 e. The third kappa shape index (κ3) is 5.74. The first-order valence-corrected chi connectivity index (χ1v) is 8.89. The van der Waals surface area contributed by atoms with Crippen molar-refractivity contribution in [2.75, 3.05) is 6.54 Å². The lowest BCUT2D eigenvalue weighted by Crippen LogP contribution is -2.19. The zero-order chi connectivity index (χ0) is 16.9. The molecule has 5 heteroatoms. The van der Waals surface area contributed by atoms with Gasteiger partial charge in [-0.3, -0.25) is 4.79 Å². The van der Waals surface area contributed by atoms with Gasteiger partial charge < -0.3 is 11.1 Å². The van der Waals surface area contributed by atoms with Gasteiger partial charge in [0, 0.05) is 23.4 Å². The summed E-state index contributed by atoms with van der Waals surface area (Å²) >= 11 is 5.94. The van der Waals surface area contributed by atoms with Crippen LogP contribution in [0.5, 0.6) is 0 Å². The monoisotopic (exact) mass is 378 g/mol. The van der Waals surface area contributed by atoms with E-state index in [9.17, 15) is 4.79 Å². The first-order valence-electron chi connectivity index (χ1n) is 8.51. The molecule has 0 radical (unpaired) electrons. The van der Waals surface area contributed by atoms with Gasteiger partial charge in [0.15, 0.2) is 0 Å². The summed E-state index contributed by atoms with van der Waals surface area (Å²) in [6.07, 6.45) is 3.55. The van der Waals surface area contributed by atoms with Crippen molar-refractivity contribution < 1.29 is 4.79 Å². The minimum atomic E-state index is -0.208. The second-order valence-electron chi connectivity index (χ2n) is 6.46. The number of carbonyl (C=O) groups is 1. The Labute approximate surface area is 160 Å². The van der Waals surface area contributed by atoms with Gasteiger partial charge in [-0.2, -0.15) is 0 Å². The fourth-order valence-corrected chi connectivity index (χ4v) is 3.19. The summed E-state index contributed by atoms with van der Waals surface area (Å²) in [5, 5.41) is 4.33. The van der Waals surface area contributed by atoms with Crippen molar-refractivity contribution in [1.29, 1.82) is 0 Å². The van der Waals surface area contributed by atoms with Gasteiger partial charge >= 0.3 is 0 Å². The number of hydrogen-bond donors (Lipinski definition) is 2. The van der Waals surface area contributed by atoms with E-state index in [1.165, 1.54) is 23.1 Å². The van der Waals surface area contributed by atoms with Gasteiger partial charge in [-0.15, -0.1) is 12.4 Å². The molecule has 1 fully saturated rings. The molecule has 0 spiro atoms. The first kappa shape index (κ1) is 19.8. The molecule has 3 rings (SSSR count). The Morgan fingerprint density at radius 2 is 1.64 bits per heavy atom. The van der Waals surface area contributed by atoms with Crippen molar-refractivity contribution in [1.82, 2.24) is 5.32 Å². The van der Waals surface area contributed by atoms with Crippen molar-refractivity contribution in [3.05, 3.63) is 59.1 Å². The number of rotatable bonds is 8. The predicted molar refractivity (Wildman–Crippen MR) is 106 cm³/mol. The second-order valence-corrected chi connectivity index (χ2v) is 6.89. The summed E-state index contributed by atoms with van der Waals surface area (Å²) < 4.78 is 0. The van der Waals surface area contributed by atoms with Crippen LogP contribution in [0, 0.1) is 0 Å². The maximum absolute atomic E-state index is 10.7. The summed E-state index contributed by atoms with van der Waals surface area (Å²) in [5.74, 6) is 0.403. The van der Waals surface area contributed by atoms with Crippen LogP contribution in [0.2, 0.25) is 5.02 Å². The highest BCUT2D eigenvalue weighted by atomic mass is 35.5. The average molecular weight is 379 g/mol. The molecule has 0 unspecified atom stereocenters. The summed E-state index contributed by atoms with van der Waals surface area (Å²) in [4.78, 5) is 10.7. The van der Waals surface area contributed by atoms with Gasteiger partial charge in [0.1, 0.15) is 0 Å². The molecule has 3 nitrogen and oxygen atoms in total. The molecule has 25 heavy (non-hydrogen) atoms. The maximum atomic E-state index is 10.7. The van der Waals surface area contributed by atoms with Crippen molar-refractivity contribution in [3.63, 3.8) is 0 Å². The molecule has 2 atom stereocenters. The fourth-order valence-electron chi connectivity index (χ4n) is 3.07. The summed E-state index contributed by atoms with van der Waals surface area (Å²) in [5.41, 5.74) is 8.93. The SMILES string of the molecule is Cl.NC(=O)CCCCN[C@@H]1C[C@H]1c1ccc(-c2ccc(Cl)cc2)cc1. The molecule has 1 aliphatic carbocycles. The van der Waals surface area contributed by atoms with E-state index in [1.54, 1.807) is 0 Å². The van der Waals surface area contributed by atoms with E-state index in [-0.39, 0.29) is 18.3 Å². The molecule has 1 aliphatic rings. The van der Waals surface area contributed by atoms with Gasteiger partial charge in [0.25, 0.3) is 0 Å². The number of primary amides is 1. The second kappa shape index (κ2) is 9.23. The Morgan fingerprint density at radius 1 is 1.04 bits per heavy atom. The van der Waals surface area contributed by atoms with Crippen LogP contribution in [0.4, 0.5) is 0 Å². The third-order valence-electron chi connectivity index (χ3n) is 4.56. The summed E-state index contributed by atoms with van der Waals surface area (Å²) in [6, 6.07) is 17.3. The standard InChI is InChI=1S/C20H23ClN2O.ClH/c21-17-10-8-15(9-11-17)14-4-6-16(7-5-14)18-13-19(18)23-12-2-1-3-20(22)24;/h4-11,18-19,23H,1-3,12-13H2,(H2,22,24);1H/t18-,19+;/m0./s1. The number of benzene rings is 2. The van der Waals surface area contributed by atoms with Crippen LogP contribution < -0.4 is 11.1 Å². The van der Waals surface area contributed by atoms with E-state index < -0.39 is 0 Å². The third-order valence-corrected chi connectivity index (χ3v) is 4.82. The number of nitrogens with two attached hydrogens (primary N) is 1. The minimum Gasteiger partial charge on any atom is -0.370 e. The molecule has 0 saturated heterocycles. The Hall–Kier alpha value is -1.55. The van der Waals surface area contributed by atoms with E-state index in [4.69, 9.17) is 17.3 Å². The number of hydrogen-bond acceptors (Lipinski definition) is 2. The molecule has 0 heterocycles. The van der Waals surface area contributed by atoms with E-state index in [0.717, 1.165) is 24.4 Å². The largest absolute Gasteiger partial charge is 0.370 e. The highest BCUT2D eigenvalue weighted by molar-refractivity contribution is 6.30. The molecule has 3 N–H and O–H groups in total. The lowest BCUT2D eigenvalue weighted by Gasteiger charge is -2.06. The van der Waals surface area contributed by atoms with E-state index in [0.29, 0.717) is 18.4 Å². The van der Waals surface area contributed by atoms with Crippen LogP contribution in [0.1, 0.15) is 37.2 Å². The Morgan fingerprint density at radius 3 is 2.24 bits per heavy atom. The molecule has 0 aromatic heterocycles. The summed E-state index contributed by atoms with van der Waals surface area (Å²) in [6.45, 7) is 0.956. The number of carbonyl (C=O) groups excluding carboxylic acids is 1. The Balaban J connectivity index is 0.00000225. The number of amides is 1. The van der Waals surface area contributed by atoms with E-state index >= 15 is 0 Å². The molecule has 0 bridgehead atoms. The van der Waals surface area contributed by atoms with Crippen LogP contribution in [0.15, 0.2) is 48.5 Å². The van der Waals surface area contributed by atoms with Gasteiger partial charge in [0.2, 0.25) is 5.91 Å².